The van der Waals surface area contributed by atoms with Gasteiger partial charge in [0.2, 0.25) is 11.8 Å². The van der Waals surface area contributed by atoms with Gasteiger partial charge in [0.1, 0.15) is 6.04 Å². The van der Waals surface area contributed by atoms with Gasteiger partial charge in [-0.2, -0.15) is 0 Å². The number of rotatable bonds is 6. The number of amides is 2. The number of H-pyrrole nitrogens is 1. The Bertz CT molecular complexity index is 663. The smallest absolute Gasteiger partial charge is 0.245 e. The molecule has 1 aromatic carbocycles. The van der Waals surface area contributed by atoms with Gasteiger partial charge in [-0.25, -0.2) is 0 Å². The largest absolute Gasteiger partial charge is 0.391 e. The number of hydrogen-bond donors (Lipinski definition) is 4. The molecule has 0 spiro atoms. The highest BCUT2D eigenvalue weighted by atomic mass is 16.3. The van der Waals surface area contributed by atoms with Crippen molar-refractivity contribution in [1.82, 2.24) is 15.6 Å². The standard InChI is InChI=1S/C16H21N3O3/c1-10(20)15(16(22)17-2)19-14(21)8-7-11-9-18-13-6-4-3-5-12(11)13/h3-6,9-10,15,18,20H,7-8H2,1-2H3,(H,17,22)(H,19,21). The number of aliphatic hydroxyl groups excluding tert-OH is 1. The third kappa shape index (κ3) is 3.65. The highest BCUT2D eigenvalue weighted by molar-refractivity contribution is 5.88. The fourth-order valence-corrected chi connectivity index (χ4v) is 2.39. The number of benzene rings is 1. The molecule has 2 amide bonds. The van der Waals surface area contributed by atoms with Gasteiger partial charge in [-0.05, 0) is 25.0 Å². The summed E-state index contributed by atoms with van der Waals surface area (Å²) in [5, 5.41) is 15.7. The summed E-state index contributed by atoms with van der Waals surface area (Å²) in [6.45, 7) is 1.47. The van der Waals surface area contributed by atoms with E-state index in [4.69, 9.17) is 0 Å². The topological polar surface area (TPSA) is 94.2 Å². The Morgan fingerprint density at radius 1 is 1.32 bits per heavy atom. The Kier molecular flexibility index (Phi) is 5.16. The number of likely N-dealkylation sites (N-methyl/N-ethyl adjacent to an activating group) is 1. The molecule has 6 nitrogen and oxygen atoms in total. The molecule has 2 rings (SSSR count). The normalized spacial score (nSPS) is 13.6. The molecule has 22 heavy (non-hydrogen) atoms. The van der Waals surface area contributed by atoms with Crippen LogP contribution in [0.3, 0.4) is 0 Å². The molecule has 0 bridgehead atoms. The van der Waals surface area contributed by atoms with Gasteiger partial charge in [0.25, 0.3) is 0 Å². The summed E-state index contributed by atoms with van der Waals surface area (Å²) in [5.41, 5.74) is 2.09. The van der Waals surface area contributed by atoms with Crippen LogP contribution in [0.15, 0.2) is 30.5 Å². The van der Waals surface area contributed by atoms with Crippen LogP contribution in [0.4, 0.5) is 0 Å². The average molecular weight is 303 g/mol. The molecule has 0 aliphatic heterocycles. The van der Waals surface area contributed by atoms with Gasteiger partial charge in [0.15, 0.2) is 0 Å². The highest BCUT2D eigenvalue weighted by Crippen LogP contribution is 2.18. The molecular weight excluding hydrogens is 282 g/mol. The van der Waals surface area contributed by atoms with E-state index in [1.807, 2.05) is 30.5 Å². The Hall–Kier alpha value is -2.34. The van der Waals surface area contributed by atoms with E-state index in [9.17, 15) is 14.7 Å². The number of aromatic amines is 1. The van der Waals surface area contributed by atoms with E-state index in [2.05, 4.69) is 15.6 Å². The van der Waals surface area contributed by atoms with Crippen molar-refractivity contribution in [3.8, 4) is 0 Å². The van der Waals surface area contributed by atoms with Gasteiger partial charge >= 0.3 is 0 Å². The molecule has 2 aromatic rings. The minimum absolute atomic E-state index is 0.252. The van der Waals surface area contributed by atoms with Crippen LogP contribution in [0.1, 0.15) is 18.9 Å². The van der Waals surface area contributed by atoms with Crippen molar-refractivity contribution in [2.24, 2.45) is 0 Å². The number of hydrogen-bond acceptors (Lipinski definition) is 3. The lowest BCUT2D eigenvalue weighted by atomic mass is 10.1. The second-order valence-electron chi connectivity index (χ2n) is 5.26. The molecule has 118 valence electrons. The number of carbonyl (C=O) groups excluding carboxylic acids is 2. The summed E-state index contributed by atoms with van der Waals surface area (Å²) in [7, 11) is 1.47. The summed E-state index contributed by atoms with van der Waals surface area (Å²) >= 11 is 0. The Balaban J connectivity index is 1.96. The van der Waals surface area contributed by atoms with Crippen LogP contribution in [0.25, 0.3) is 10.9 Å². The number of aryl methyl sites for hydroxylation is 1. The molecule has 0 fully saturated rings. The first-order valence-electron chi connectivity index (χ1n) is 7.27. The molecule has 0 saturated heterocycles. The van der Waals surface area contributed by atoms with Crippen molar-refractivity contribution in [2.75, 3.05) is 7.05 Å². The molecule has 2 atom stereocenters. The fourth-order valence-electron chi connectivity index (χ4n) is 2.39. The highest BCUT2D eigenvalue weighted by Gasteiger charge is 2.24. The van der Waals surface area contributed by atoms with Gasteiger partial charge in [-0.1, -0.05) is 18.2 Å². The lowest BCUT2D eigenvalue weighted by Crippen LogP contribution is -2.51. The van der Waals surface area contributed by atoms with Crippen molar-refractivity contribution in [3.63, 3.8) is 0 Å². The zero-order valence-corrected chi connectivity index (χ0v) is 12.7. The van der Waals surface area contributed by atoms with Crippen molar-refractivity contribution in [1.29, 1.82) is 0 Å². The summed E-state index contributed by atoms with van der Waals surface area (Å²) in [5.74, 6) is -0.671. The van der Waals surface area contributed by atoms with E-state index in [0.717, 1.165) is 16.5 Å². The summed E-state index contributed by atoms with van der Waals surface area (Å²) in [6, 6.07) is 6.96. The number of aliphatic hydroxyl groups is 1. The maximum atomic E-state index is 12.0. The quantitative estimate of drug-likeness (QED) is 0.633. The van der Waals surface area contributed by atoms with E-state index in [1.165, 1.54) is 14.0 Å². The minimum Gasteiger partial charge on any atom is -0.391 e. The first-order valence-corrected chi connectivity index (χ1v) is 7.27. The van der Waals surface area contributed by atoms with Crippen LogP contribution in [-0.2, 0) is 16.0 Å². The molecule has 4 N–H and O–H groups in total. The lowest BCUT2D eigenvalue weighted by molar-refractivity contribution is -0.131. The first kappa shape index (κ1) is 16.0. The number of aromatic nitrogens is 1. The predicted octanol–water partition coefficient (Wildman–Crippen LogP) is 0.712. The van der Waals surface area contributed by atoms with Crippen LogP contribution < -0.4 is 10.6 Å². The van der Waals surface area contributed by atoms with E-state index in [1.54, 1.807) is 0 Å². The number of carbonyl (C=O) groups is 2. The third-order valence-electron chi connectivity index (χ3n) is 3.62. The maximum absolute atomic E-state index is 12.0. The Morgan fingerprint density at radius 3 is 2.73 bits per heavy atom. The van der Waals surface area contributed by atoms with Gasteiger partial charge in [-0.3, -0.25) is 9.59 Å². The molecule has 0 saturated carbocycles. The number of nitrogens with one attached hydrogen (secondary N) is 3. The summed E-state index contributed by atoms with van der Waals surface area (Å²) in [4.78, 5) is 26.8. The molecular formula is C16H21N3O3. The zero-order valence-electron chi connectivity index (χ0n) is 12.7. The Morgan fingerprint density at radius 2 is 2.05 bits per heavy atom. The maximum Gasteiger partial charge on any atom is 0.245 e. The van der Waals surface area contributed by atoms with Crippen LogP contribution >= 0.6 is 0 Å². The lowest BCUT2D eigenvalue weighted by Gasteiger charge is -2.19. The van der Waals surface area contributed by atoms with Crippen molar-refractivity contribution in [3.05, 3.63) is 36.0 Å². The van der Waals surface area contributed by atoms with E-state index >= 15 is 0 Å². The van der Waals surface area contributed by atoms with E-state index in [-0.39, 0.29) is 12.3 Å². The number of fused-ring (bicyclic) bond motifs is 1. The third-order valence-corrected chi connectivity index (χ3v) is 3.62. The molecule has 0 aliphatic rings. The van der Waals surface area contributed by atoms with Gasteiger partial charge in [-0.15, -0.1) is 0 Å². The first-order chi connectivity index (χ1) is 10.5. The van der Waals surface area contributed by atoms with E-state index < -0.39 is 18.1 Å². The molecule has 1 aromatic heterocycles. The van der Waals surface area contributed by atoms with Gasteiger partial charge in [0.05, 0.1) is 6.10 Å². The predicted molar refractivity (Wildman–Crippen MR) is 84.3 cm³/mol. The van der Waals surface area contributed by atoms with Crippen LogP contribution in [-0.4, -0.2) is 41.1 Å². The van der Waals surface area contributed by atoms with Crippen molar-refractivity contribution >= 4 is 22.7 Å². The van der Waals surface area contributed by atoms with Crippen molar-refractivity contribution < 1.29 is 14.7 Å². The summed E-state index contributed by atoms with van der Waals surface area (Å²) in [6.07, 6.45) is 1.76. The average Bonchev–Trinajstić information content (AvgIpc) is 2.93. The summed E-state index contributed by atoms with van der Waals surface area (Å²) < 4.78 is 0. The second kappa shape index (κ2) is 7.09. The van der Waals surface area contributed by atoms with Crippen LogP contribution in [0.5, 0.6) is 0 Å². The van der Waals surface area contributed by atoms with Gasteiger partial charge in [0, 0.05) is 30.6 Å². The fraction of sp³-hybridized carbons (Fsp3) is 0.375. The van der Waals surface area contributed by atoms with Gasteiger partial charge < -0.3 is 20.7 Å². The zero-order chi connectivity index (χ0) is 16.1. The number of para-hydroxylation sites is 1. The minimum atomic E-state index is -0.947. The second-order valence-corrected chi connectivity index (χ2v) is 5.26. The van der Waals surface area contributed by atoms with Crippen LogP contribution in [0.2, 0.25) is 0 Å². The van der Waals surface area contributed by atoms with E-state index in [0.29, 0.717) is 6.42 Å². The molecule has 2 unspecified atom stereocenters. The molecule has 1 heterocycles. The van der Waals surface area contributed by atoms with Crippen molar-refractivity contribution in [2.45, 2.75) is 31.9 Å². The SMILES string of the molecule is CNC(=O)C(NC(=O)CCc1c[nH]c2ccccc12)C(C)O. The molecule has 0 radical (unpaired) electrons. The van der Waals surface area contributed by atoms with Crippen LogP contribution in [0, 0.1) is 0 Å². The Labute approximate surface area is 128 Å². The monoisotopic (exact) mass is 303 g/mol. The molecule has 6 heteroatoms. The molecule has 0 aliphatic carbocycles.